The standard InChI is InChI=1S/C12H14O5S/c1-3-8-18(15,16)10-7-5-6-9(12(13)14)11(10)17-4-2/h3,5-7H,1,4,8H2,2H3,(H,13,14). The number of para-hydroxylation sites is 1. The van der Waals surface area contributed by atoms with Gasteiger partial charge in [-0.25, -0.2) is 13.2 Å². The van der Waals surface area contributed by atoms with E-state index < -0.39 is 15.8 Å². The highest BCUT2D eigenvalue weighted by molar-refractivity contribution is 7.91. The average molecular weight is 270 g/mol. The summed E-state index contributed by atoms with van der Waals surface area (Å²) in [4.78, 5) is 10.9. The smallest absolute Gasteiger partial charge is 0.339 e. The van der Waals surface area contributed by atoms with Gasteiger partial charge in [0.1, 0.15) is 10.5 Å². The third kappa shape index (κ3) is 2.89. The van der Waals surface area contributed by atoms with Crippen LogP contribution < -0.4 is 4.74 Å². The SMILES string of the molecule is C=CCS(=O)(=O)c1cccc(C(=O)O)c1OCC. The monoisotopic (exact) mass is 270 g/mol. The van der Waals surface area contributed by atoms with Gasteiger partial charge in [0.25, 0.3) is 0 Å². The van der Waals surface area contributed by atoms with Crippen molar-refractivity contribution in [3.05, 3.63) is 36.4 Å². The first-order chi connectivity index (χ1) is 8.44. The molecule has 98 valence electrons. The number of carboxylic acid groups (broad SMARTS) is 1. The zero-order chi connectivity index (χ0) is 13.8. The van der Waals surface area contributed by atoms with Crippen LogP contribution in [0.1, 0.15) is 17.3 Å². The lowest BCUT2D eigenvalue weighted by atomic mass is 10.2. The largest absolute Gasteiger partial charge is 0.492 e. The highest BCUT2D eigenvalue weighted by atomic mass is 32.2. The molecule has 0 heterocycles. The molecule has 0 radical (unpaired) electrons. The second-order valence-corrected chi connectivity index (χ2v) is 5.44. The molecule has 0 amide bonds. The topological polar surface area (TPSA) is 80.7 Å². The van der Waals surface area contributed by atoms with Gasteiger partial charge in [-0.05, 0) is 19.1 Å². The average Bonchev–Trinajstić information content (AvgIpc) is 2.29. The van der Waals surface area contributed by atoms with Crippen molar-refractivity contribution in [2.75, 3.05) is 12.4 Å². The van der Waals surface area contributed by atoms with Crippen LogP contribution in [0.25, 0.3) is 0 Å². The predicted octanol–water partition coefficient (Wildman–Crippen LogP) is 1.74. The zero-order valence-electron chi connectivity index (χ0n) is 9.92. The van der Waals surface area contributed by atoms with Crippen LogP contribution in [0.3, 0.4) is 0 Å². The molecule has 0 aliphatic rings. The van der Waals surface area contributed by atoms with E-state index in [2.05, 4.69) is 6.58 Å². The van der Waals surface area contributed by atoms with Crippen molar-refractivity contribution in [3.8, 4) is 5.75 Å². The molecule has 0 atom stereocenters. The van der Waals surface area contributed by atoms with Crippen LogP contribution in [-0.4, -0.2) is 31.9 Å². The van der Waals surface area contributed by atoms with E-state index in [-0.39, 0.29) is 28.6 Å². The van der Waals surface area contributed by atoms with E-state index in [1.807, 2.05) is 0 Å². The first-order valence-electron chi connectivity index (χ1n) is 5.26. The number of hydrogen-bond acceptors (Lipinski definition) is 4. The molecule has 0 bridgehead atoms. The van der Waals surface area contributed by atoms with Gasteiger partial charge in [-0.3, -0.25) is 0 Å². The molecule has 0 aromatic heterocycles. The van der Waals surface area contributed by atoms with Gasteiger partial charge in [0, 0.05) is 0 Å². The van der Waals surface area contributed by atoms with E-state index in [9.17, 15) is 13.2 Å². The summed E-state index contributed by atoms with van der Waals surface area (Å²) in [5.41, 5.74) is -0.165. The van der Waals surface area contributed by atoms with Gasteiger partial charge >= 0.3 is 5.97 Å². The summed E-state index contributed by atoms with van der Waals surface area (Å²) in [5, 5.41) is 9.02. The third-order valence-corrected chi connectivity index (χ3v) is 3.84. The van der Waals surface area contributed by atoms with E-state index >= 15 is 0 Å². The fourth-order valence-corrected chi connectivity index (χ4v) is 2.69. The minimum Gasteiger partial charge on any atom is -0.492 e. The van der Waals surface area contributed by atoms with Crippen LogP contribution in [-0.2, 0) is 9.84 Å². The van der Waals surface area contributed by atoms with Crippen molar-refractivity contribution in [3.63, 3.8) is 0 Å². The van der Waals surface area contributed by atoms with Gasteiger partial charge in [-0.15, -0.1) is 6.58 Å². The molecule has 0 spiro atoms. The summed E-state index contributed by atoms with van der Waals surface area (Å²) in [5.74, 6) is -1.61. The van der Waals surface area contributed by atoms with E-state index in [4.69, 9.17) is 9.84 Å². The number of carboxylic acids is 1. The summed E-state index contributed by atoms with van der Waals surface area (Å²) in [6, 6.07) is 4.01. The minimum absolute atomic E-state index is 0.116. The van der Waals surface area contributed by atoms with Crippen molar-refractivity contribution < 1.29 is 23.1 Å². The Morgan fingerprint density at radius 1 is 1.50 bits per heavy atom. The summed E-state index contributed by atoms with van der Waals surface area (Å²) >= 11 is 0. The number of carbonyl (C=O) groups is 1. The van der Waals surface area contributed by atoms with Crippen LogP contribution in [0.4, 0.5) is 0 Å². The lowest BCUT2D eigenvalue weighted by Gasteiger charge is -2.12. The van der Waals surface area contributed by atoms with E-state index in [1.54, 1.807) is 6.92 Å². The molecule has 0 saturated carbocycles. The molecule has 6 heteroatoms. The third-order valence-electron chi connectivity index (χ3n) is 2.17. The molecule has 0 aliphatic carbocycles. The number of aromatic carboxylic acids is 1. The van der Waals surface area contributed by atoms with Gasteiger partial charge < -0.3 is 9.84 Å². The minimum atomic E-state index is -3.63. The molecule has 18 heavy (non-hydrogen) atoms. The highest BCUT2D eigenvalue weighted by Gasteiger charge is 2.23. The second kappa shape index (κ2) is 5.68. The Kier molecular flexibility index (Phi) is 4.49. The van der Waals surface area contributed by atoms with Crippen molar-refractivity contribution >= 4 is 15.8 Å². The Bertz CT molecular complexity index is 560. The first-order valence-corrected chi connectivity index (χ1v) is 6.92. The molecule has 1 N–H and O–H groups in total. The Hall–Kier alpha value is -1.82. The molecule has 1 aromatic carbocycles. The Morgan fingerprint density at radius 2 is 2.17 bits per heavy atom. The maximum absolute atomic E-state index is 12.0. The normalized spacial score (nSPS) is 10.9. The van der Waals surface area contributed by atoms with Crippen LogP contribution in [0, 0.1) is 0 Å². The number of ether oxygens (including phenoxy) is 1. The van der Waals surface area contributed by atoms with E-state index in [1.165, 1.54) is 24.3 Å². The molecule has 0 saturated heterocycles. The summed E-state index contributed by atoms with van der Waals surface area (Å²) in [6.45, 7) is 5.20. The maximum atomic E-state index is 12.0. The van der Waals surface area contributed by atoms with Crippen molar-refractivity contribution in [2.24, 2.45) is 0 Å². The Labute approximate surface area is 106 Å². The van der Waals surface area contributed by atoms with Crippen molar-refractivity contribution in [2.45, 2.75) is 11.8 Å². The molecule has 0 fully saturated rings. The van der Waals surface area contributed by atoms with Crippen molar-refractivity contribution in [1.29, 1.82) is 0 Å². The number of rotatable bonds is 6. The van der Waals surface area contributed by atoms with Crippen LogP contribution >= 0.6 is 0 Å². The quantitative estimate of drug-likeness (QED) is 0.796. The van der Waals surface area contributed by atoms with Crippen LogP contribution in [0.5, 0.6) is 5.75 Å². The van der Waals surface area contributed by atoms with Gasteiger partial charge in [-0.2, -0.15) is 0 Å². The molecule has 5 nitrogen and oxygen atoms in total. The van der Waals surface area contributed by atoms with E-state index in [0.717, 1.165) is 0 Å². The zero-order valence-corrected chi connectivity index (χ0v) is 10.7. The fraction of sp³-hybridized carbons (Fsp3) is 0.250. The summed E-state index contributed by atoms with van der Waals surface area (Å²) < 4.78 is 29.1. The lowest BCUT2D eigenvalue weighted by molar-refractivity contribution is 0.0692. The fourth-order valence-electron chi connectivity index (χ4n) is 1.47. The number of sulfone groups is 1. The summed E-state index contributed by atoms with van der Waals surface area (Å²) in [6.07, 6.45) is 1.25. The lowest BCUT2D eigenvalue weighted by Crippen LogP contribution is -2.11. The molecular formula is C12H14O5S. The molecular weight excluding hydrogens is 256 g/mol. The highest BCUT2D eigenvalue weighted by Crippen LogP contribution is 2.29. The Balaban J connectivity index is 3.49. The van der Waals surface area contributed by atoms with Crippen LogP contribution in [0.2, 0.25) is 0 Å². The molecule has 0 aliphatic heterocycles. The van der Waals surface area contributed by atoms with Crippen molar-refractivity contribution in [1.82, 2.24) is 0 Å². The van der Waals surface area contributed by atoms with Gasteiger partial charge in [-0.1, -0.05) is 12.1 Å². The van der Waals surface area contributed by atoms with E-state index in [0.29, 0.717) is 0 Å². The first kappa shape index (κ1) is 14.2. The number of benzene rings is 1. The molecule has 0 unspecified atom stereocenters. The van der Waals surface area contributed by atoms with Gasteiger partial charge in [0.15, 0.2) is 15.6 Å². The summed E-state index contributed by atoms with van der Waals surface area (Å²) in [7, 11) is -3.63. The molecule has 1 rings (SSSR count). The number of hydrogen-bond donors (Lipinski definition) is 1. The van der Waals surface area contributed by atoms with Gasteiger partial charge in [0.05, 0.1) is 12.4 Å². The predicted molar refractivity (Wildman–Crippen MR) is 66.8 cm³/mol. The Morgan fingerprint density at radius 3 is 2.67 bits per heavy atom. The van der Waals surface area contributed by atoms with Gasteiger partial charge in [0.2, 0.25) is 0 Å². The second-order valence-electron chi connectivity index (χ2n) is 3.44. The maximum Gasteiger partial charge on any atom is 0.339 e. The van der Waals surface area contributed by atoms with Crippen LogP contribution in [0.15, 0.2) is 35.7 Å². The molecule has 1 aromatic rings.